The van der Waals surface area contributed by atoms with Gasteiger partial charge in [-0.05, 0) is 5.92 Å². The van der Waals surface area contributed by atoms with Gasteiger partial charge in [0, 0.05) is 33.1 Å². The van der Waals surface area contributed by atoms with Gasteiger partial charge in [0.1, 0.15) is 0 Å². The van der Waals surface area contributed by atoms with Crippen molar-refractivity contribution in [1.82, 2.24) is 9.80 Å². The smallest absolute Gasteiger partial charge is 0.239 e. The molecule has 1 aliphatic rings. The fourth-order valence-electron chi connectivity index (χ4n) is 1.74. The third kappa shape index (κ3) is 2.95. The number of hydrogen-bond acceptors (Lipinski definition) is 3. The van der Waals surface area contributed by atoms with E-state index in [0.717, 1.165) is 0 Å². The van der Waals surface area contributed by atoms with Gasteiger partial charge in [-0.15, -0.1) is 0 Å². The van der Waals surface area contributed by atoms with Gasteiger partial charge >= 0.3 is 0 Å². The van der Waals surface area contributed by atoms with Crippen LogP contribution in [0.25, 0.3) is 0 Å². The zero-order chi connectivity index (χ0) is 12.3. The lowest BCUT2D eigenvalue weighted by Crippen LogP contribution is -2.55. The molecule has 0 bridgehead atoms. The Morgan fingerprint density at radius 3 is 1.88 bits per heavy atom. The van der Waals surface area contributed by atoms with Crippen molar-refractivity contribution in [2.75, 3.05) is 26.2 Å². The molecule has 1 atom stereocenters. The van der Waals surface area contributed by atoms with Gasteiger partial charge in [0.15, 0.2) is 0 Å². The van der Waals surface area contributed by atoms with Gasteiger partial charge in [-0.3, -0.25) is 9.59 Å². The zero-order valence-corrected chi connectivity index (χ0v) is 10.3. The summed E-state index contributed by atoms with van der Waals surface area (Å²) in [5.74, 6) is 0.219. The molecule has 0 spiro atoms. The molecule has 0 radical (unpaired) electrons. The second-order valence-corrected chi connectivity index (χ2v) is 4.60. The van der Waals surface area contributed by atoms with Gasteiger partial charge in [0.25, 0.3) is 0 Å². The highest BCUT2D eigenvalue weighted by Gasteiger charge is 2.27. The first-order valence-corrected chi connectivity index (χ1v) is 5.73. The molecular formula is C11H21N3O2. The first-order valence-electron chi connectivity index (χ1n) is 5.73. The van der Waals surface area contributed by atoms with Gasteiger partial charge in [-0.2, -0.15) is 0 Å². The highest BCUT2D eigenvalue weighted by atomic mass is 16.2. The van der Waals surface area contributed by atoms with Crippen molar-refractivity contribution < 1.29 is 9.59 Å². The summed E-state index contributed by atoms with van der Waals surface area (Å²) in [5, 5.41) is 0. The van der Waals surface area contributed by atoms with Crippen LogP contribution in [0.3, 0.4) is 0 Å². The van der Waals surface area contributed by atoms with Crippen LogP contribution in [0.4, 0.5) is 0 Å². The molecule has 0 aromatic heterocycles. The lowest BCUT2D eigenvalue weighted by Gasteiger charge is -2.36. The maximum Gasteiger partial charge on any atom is 0.239 e. The Balaban J connectivity index is 2.47. The summed E-state index contributed by atoms with van der Waals surface area (Å²) in [6.45, 7) is 7.86. The highest BCUT2D eigenvalue weighted by molar-refractivity contribution is 5.82. The SMILES string of the molecule is CC(=O)N1CCN(C(=O)C(N)C(C)C)CC1. The number of carbonyl (C=O) groups excluding carboxylic acids is 2. The molecule has 0 saturated carbocycles. The molecular weight excluding hydrogens is 206 g/mol. The number of nitrogens with two attached hydrogens (primary N) is 1. The Hall–Kier alpha value is -1.10. The van der Waals surface area contributed by atoms with Crippen molar-refractivity contribution in [3.63, 3.8) is 0 Å². The molecule has 2 N–H and O–H groups in total. The summed E-state index contributed by atoms with van der Waals surface area (Å²) < 4.78 is 0. The zero-order valence-electron chi connectivity index (χ0n) is 10.3. The normalized spacial score (nSPS) is 18.8. The fraction of sp³-hybridized carbons (Fsp3) is 0.818. The van der Waals surface area contributed by atoms with Gasteiger partial charge in [-0.1, -0.05) is 13.8 Å². The van der Waals surface area contributed by atoms with Crippen LogP contribution in [0.1, 0.15) is 20.8 Å². The molecule has 16 heavy (non-hydrogen) atoms. The molecule has 2 amide bonds. The number of amides is 2. The molecule has 1 rings (SSSR count). The van der Waals surface area contributed by atoms with E-state index < -0.39 is 6.04 Å². The summed E-state index contributed by atoms with van der Waals surface area (Å²) in [7, 11) is 0. The molecule has 92 valence electrons. The Labute approximate surface area is 96.6 Å². The minimum absolute atomic E-state index is 0.00166. The van der Waals surface area contributed by atoms with E-state index in [0.29, 0.717) is 26.2 Å². The van der Waals surface area contributed by atoms with E-state index in [1.54, 1.807) is 16.7 Å². The number of nitrogens with zero attached hydrogens (tertiary/aromatic N) is 2. The molecule has 1 heterocycles. The maximum atomic E-state index is 11.9. The second kappa shape index (κ2) is 5.30. The fourth-order valence-corrected chi connectivity index (χ4v) is 1.74. The van der Waals surface area contributed by atoms with Gasteiger partial charge in [0.05, 0.1) is 6.04 Å². The summed E-state index contributed by atoms with van der Waals surface area (Å²) in [6, 6.07) is -0.427. The minimum atomic E-state index is -0.427. The Morgan fingerprint density at radius 2 is 1.50 bits per heavy atom. The van der Waals surface area contributed by atoms with Crippen LogP contribution >= 0.6 is 0 Å². The maximum absolute atomic E-state index is 11.9. The van der Waals surface area contributed by atoms with Crippen molar-refractivity contribution >= 4 is 11.8 Å². The molecule has 5 nitrogen and oxygen atoms in total. The molecule has 1 aliphatic heterocycles. The third-order valence-electron chi connectivity index (χ3n) is 3.04. The van der Waals surface area contributed by atoms with Gasteiger partial charge < -0.3 is 15.5 Å². The first kappa shape index (κ1) is 13.0. The van der Waals surface area contributed by atoms with Crippen LogP contribution < -0.4 is 5.73 Å². The molecule has 0 aromatic rings. The average Bonchev–Trinajstić information content (AvgIpc) is 2.27. The number of rotatable bonds is 2. The number of hydrogen-bond donors (Lipinski definition) is 1. The largest absolute Gasteiger partial charge is 0.339 e. The predicted molar refractivity (Wildman–Crippen MR) is 61.6 cm³/mol. The van der Waals surface area contributed by atoms with Crippen LogP contribution in [0.15, 0.2) is 0 Å². The first-order chi connectivity index (χ1) is 7.43. The van der Waals surface area contributed by atoms with E-state index in [-0.39, 0.29) is 17.7 Å². The number of piperazine rings is 1. The van der Waals surface area contributed by atoms with Gasteiger partial charge in [0.2, 0.25) is 11.8 Å². The van der Waals surface area contributed by atoms with E-state index in [4.69, 9.17) is 5.73 Å². The second-order valence-electron chi connectivity index (χ2n) is 4.60. The summed E-state index contributed by atoms with van der Waals surface area (Å²) >= 11 is 0. The van der Waals surface area contributed by atoms with E-state index in [9.17, 15) is 9.59 Å². The third-order valence-corrected chi connectivity index (χ3v) is 3.04. The molecule has 5 heteroatoms. The minimum Gasteiger partial charge on any atom is -0.339 e. The standard InChI is InChI=1S/C11H21N3O2/c1-8(2)10(12)11(16)14-6-4-13(5-7-14)9(3)15/h8,10H,4-7,12H2,1-3H3. The Morgan fingerprint density at radius 1 is 1.06 bits per heavy atom. The molecule has 1 unspecified atom stereocenters. The number of carbonyl (C=O) groups is 2. The van der Waals surface area contributed by atoms with Crippen molar-refractivity contribution in [2.24, 2.45) is 11.7 Å². The van der Waals surface area contributed by atoms with Crippen molar-refractivity contribution in [1.29, 1.82) is 0 Å². The highest BCUT2D eigenvalue weighted by Crippen LogP contribution is 2.07. The van der Waals surface area contributed by atoms with Crippen LogP contribution in [0.5, 0.6) is 0 Å². The van der Waals surface area contributed by atoms with E-state index in [1.807, 2.05) is 13.8 Å². The summed E-state index contributed by atoms with van der Waals surface area (Å²) in [6.07, 6.45) is 0. The van der Waals surface area contributed by atoms with Crippen LogP contribution in [-0.4, -0.2) is 53.8 Å². The van der Waals surface area contributed by atoms with Gasteiger partial charge in [-0.25, -0.2) is 0 Å². The molecule has 0 aromatic carbocycles. The van der Waals surface area contributed by atoms with E-state index >= 15 is 0 Å². The van der Waals surface area contributed by atoms with Crippen LogP contribution in [-0.2, 0) is 9.59 Å². The summed E-state index contributed by atoms with van der Waals surface area (Å²) in [5.41, 5.74) is 5.81. The van der Waals surface area contributed by atoms with E-state index in [2.05, 4.69) is 0 Å². The average molecular weight is 227 g/mol. The quantitative estimate of drug-likeness (QED) is 0.702. The van der Waals surface area contributed by atoms with Crippen molar-refractivity contribution in [2.45, 2.75) is 26.8 Å². The Bertz CT molecular complexity index is 270. The van der Waals surface area contributed by atoms with Crippen LogP contribution in [0.2, 0.25) is 0 Å². The molecule has 0 aliphatic carbocycles. The monoisotopic (exact) mass is 227 g/mol. The lowest BCUT2D eigenvalue weighted by atomic mass is 10.0. The lowest BCUT2D eigenvalue weighted by molar-refractivity contribution is -0.139. The van der Waals surface area contributed by atoms with Crippen LogP contribution in [0, 0.1) is 5.92 Å². The molecule has 1 saturated heterocycles. The molecule has 1 fully saturated rings. The Kier molecular flexibility index (Phi) is 4.29. The topological polar surface area (TPSA) is 66.6 Å². The van der Waals surface area contributed by atoms with Crippen molar-refractivity contribution in [3.05, 3.63) is 0 Å². The van der Waals surface area contributed by atoms with E-state index in [1.165, 1.54) is 0 Å². The predicted octanol–water partition coefficient (Wildman–Crippen LogP) is -0.340. The van der Waals surface area contributed by atoms with Crippen molar-refractivity contribution in [3.8, 4) is 0 Å². The summed E-state index contributed by atoms with van der Waals surface area (Å²) in [4.78, 5) is 26.5.